The molecule has 0 saturated carbocycles. The van der Waals surface area contributed by atoms with Gasteiger partial charge in [-0.25, -0.2) is 0 Å². The number of fused-ring (bicyclic) bond motifs is 1. The summed E-state index contributed by atoms with van der Waals surface area (Å²) in [5.41, 5.74) is 5.74. The van der Waals surface area contributed by atoms with E-state index in [1.54, 1.807) is 26.0 Å². The molecule has 1 aliphatic rings. The molecule has 0 bridgehead atoms. The number of carbonyl (C=O) groups excluding carboxylic acids is 3. The van der Waals surface area contributed by atoms with Gasteiger partial charge in [-0.3, -0.25) is 29.4 Å². The van der Waals surface area contributed by atoms with Gasteiger partial charge in [0.15, 0.2) is 11.9 Å². The van der Waals surface area contributed by atoms with Crippen molar-refractivity contribution < 1.29 is 24.0 Å². The molecular formula is C20H20N4O6. The van der Waals surface area contributed by atoms with Crippen LogP contribution in [0, 0.1) is 16.0 Å². The molecular weight excluding hydrogens is 392 g/mol. The van der Waals surface area contributed by atoms with E-state index >= 15 is 0 Å². The van der Waals surface area contributed by atoms with Crippen molar-refractivity contribution in [1.82, 2.24) is 0 Å². The number of nitro benzene ring substituents is 1. The number of rotatable bonds is 6. The maximum absolute atomic E-state index is 12.9. The third-order valence-electron chi connectivity index (χ3n) is 4.58. The van der Waals surface area contributed by atoms with Crippen molar-refractivity contribution >= 4 is 34.8 Å². The van der Waals surface area contributed by atoms with E-state index in [9.17, 15) is 24.5 Å². The molecule has 0 fully saturated rings. The highest BCUT2D eigenvalue weighted by Crippen LogP contribution is 2.38. The second kappa shape index (κ2) is 8.19. The number of nitrogens with one attached hydrogen (secondary N) is 1. The van der Waals surface area contributed by atoms with E-state index in [0.717, 1.165) is 0 Å². The van der Waals surface area contributed by atoms with Crippen LogP contribution < -0.4 is 20.7 Å². The summed E-state index contributed by atoms with van der Waals surface area (Å²) in [5, 5.41) is 13.7. The van der Waals surface area contributed by atoms with Crippen LogP contribution in [0.25, 0.3) is 0 Å². The standard InChI is InChI=1S/C20H20N4O6/c1-11(2)18-20(27)23(15-8-7-12(24(28)29)9-16(15)30-18)10-17(25)22-14-6-4-3-5-13(14)19(21)26/h3-9,11,18H,10H2,1-2H3,(H2,21,26)(H,22,25). The number of nitrogens with zero attached hydrogens (tertiary/aromatic N) is 2. The number of benzene rings is 2. The van der Waals surface area contributed by atoms with Crippen molar-refractivity contribution in [1.29, 1.82) is 0 Å². The number of hydrogen-bond acceptors (Lipinski definition) is 6. The van der Waals surface area contributed by atoms with Gasteiger partial charge in [-0.2, -0.15) is 0 Å². The SMILES string of the molecule is CC(C)C1Oc2cc([N+](=O)[O-])ccc2N(CC(=O)Nc2ccccc2C(N)=O)C1=O. The van der Waals surface area contributed by atoms with Crippen LogP contribution in [0.15, 0.2) is 42.5 Å². The first-order valence-corrected chi connectivity index (χ1v) is 9.14. The van der Waals surface area contributed by atoms with Crippen LogP contribution in [0.2, 0.25) is 0 Å². The van der Waals surface area contributed by atoms with E-state index in [1.807, 2.05) is 0 Å². The van der Waals surface area contributed by atoms with Crippen LogP contribution in [0.5, 0.6) is 5.75 Å². The van der Waals surface area contributed by atoms with Crippen LogP contribution in [-0.2, 0) is 9.59 Å². The van der Waals surface area contributed by atoms with E-state index in [4.69, 9.17) is 10.5 Å². The van der Waals surface area contributed by atoms with Gasteiger partial charge in [-0.05, 0) is 24.1 Å². The lowest BCUT2D eigenvalue weighted by Crippen LogP contribution is -2.50. The van der Waals surface area contributed by atoms with E-state index in [0.29, 0.717) is 0 Å². The zero-order chi connectivity index (χ0) is 22.0. The molecule has 156 valence electrons. The zero-order valence-electron chi connectivity index (χ0n) is 16.3. The molecule has 30 heavy (non-hydrogen) atoms. The average molecular weight is 412 g/mol. The van der Waals surface area contributed by atoms with Crippen LogP contribution in [0.4, 0.5) is 17.1 Å². The van der Waals surface area contributed by atoms with Crippen LogP contribution in [0.3, 0.4) is 0 Å². The molecule has 0 aliphatic carbocycles. The number of anilines is 2. The molecule has 3 amide bonds. The number of nitro groups is 1. The van der Waals surface area contributed by atoms with Crippen molar-refractivity contribution in [3.63, 3.8) is 0 Å². The minimum absolute atomic E-state index is 0.134. The van der Waals surface area contributed by atoms with Crippen LogP contribution in [0.1, 0.15) is 24.2 Å². The van der Waals surface area contributed by atoms with E-state index in [1.165, 1.54) is 35.2 Å². The lowest BCUT2D eigenvalue weighted by Gasteiger charge is -2.35. The molecule has 1 unspecified atom stereocenters. The second-order valence-electron chi connectivity index (χ2n) is 7.07. The van der Waals surface area contributed by atoms with Crippen molar-refractivity contribution in [2.24, 2.45) is 11.7 Å². The Bertz CT molecular complexity index is 1040. The quantitative estimate of drug-likeness (QED) is 0.549. The summed E-state index contributed by atoms with van der Waals surface area (Å²) in [4.78, 5) is 48.9. The highest BCUT2D eigenvalue weighted by Gasteiger charge is 2.38. The highest BCUT2D eigenvalue weighted by molar-refractivity contribution is 6.08. The van der Waals surface area contributed by atoms with Crippen molar-refractivity contribution in [3.05, 3.63) is 58.1 Å². The first-order chi connectivity index (χ1) is 14.2. The van der Waals surface area contributed by atoms with Gasteiger partial charge in [0, 0.05) is 6.07 Å². The Labute approximate surface area is 171 Å². The molecule has 1 heterocycles. The number of para-hydroxylation sites is 1. The first-order valence-electron chi connectivity index (χ1n) is 9.14. The van der Waals surface area contributed by atoms with Gasteiger partial charge in [0.05, 0.1) is 27.9 Å². The molecule has 0 saturated heterocycles. The number of nitrogens with two attached hydrogens (primary N) is 1. The van der Waals surface area contributed by atoms with Gasteiger partial charge in [0.25, 0.3) is 17.5 Å². The molecule has 0 radical (unpaired) electrons. The first kappa shape index (κ1) is 20.8. The molecule has 0 aromatic heterocycles. The monoisotopic (exact) mass is 412 g/mol. The van der Waals surface area contributed by atoms with Gasteiger partial charge >= 0.3 is 0 Å². The van der Waals surface area contributed by atoms with Gasteiger partial charge in [-0.1, -0.05) is 26.0 Å². The Morgan fingerprint density at radius 3 is 2.60 bits per heavy atom. The fraction of sp³-hybridized carbons (Fsp3) is 0.250. The molecule has 1 aliphatic heterocycles. The summed E-state index contributed by atoms with van der Waals surface area (Å²) < 4.78 is 5.69. The van der Waals surface area contributed by atoms with E-state index in [-0.39, 0.29) is 40.8 Å². The summed E-state index contributed by atoms with van der Waals surface area (Å²) in [6, 6.07) is 10.1. The van der Waals surface area contributed by atoms with Crippen molar-refractivity contribution in [2.45, 2.75) is 20.0 Å². The summed E-state index contributed by atoms with van der Waals surface area (Å²) in [6.45, 7) is 3.17. The van der Waals surface area contributed by atoms with Crippen LogP contribution in [-0.4, -0.2) is 35.3 Å². The van der Waals surface area contributed by atoms with Gasteiger partial charge in [0.2, 0.25) is 5.91 Å². The normalized spacial score (nSPS) is 15.4. The number of ether oxygens (including phenoxy) is 1. The minimum Gasteiger partial charge on any atom is -0.478 e. The zero-order valence-corrected chi connectivity index (χ0v) is 16.3. The fourth-order valence-electron chi connectivity index (χ4n) is 3.12. The maximum Gasteiger partial charge on any atom is 0.273 e. The molecule has 0 spiro atoms. The molecule has 1 atom stereocenters. The summed E-state index contributed by atoms with van der Waals surface area (Å²) in [6.07, 6.45) is -0.898. The van der Waals surface area contributed by atoms with Crippen molar-refractivity contribution in [2.75, 3.05) is 16.8 Å². The predicted molar refractivity (Wildman–Crippen MR) is 108 cm³/mol. The largest absolute Gasteiger partial charge is 0.478 e. The topological polar surface area (TPSA) is 145 Å². The van der Waals surface area contributed by atoms with E-state index in [2.05, 4.69) is 5.32 Å². The number of primary amides is 1. The Balaban J connectivity index is 1.91. The highest BCUT2D eigenvalue weighted by atomic mass is 16.6. The fourth-order valence-corrected chi connectivity index (χ4v) is 3.12. The second-order valence-corrected chi connectivity index (χ2v) is 7.07. The molecule has 2 aromatic carbocycles. The number of hydrogen-bond donors (Lipinski definition) is 2. The third-order valence-corrected chi connectivity index (χ3v) is 4.58. The molecule has 3 N–H and O–H groups in total. The molecule has 3 rings (SSSR count). The number of amides is 3. The number of carbonyl (C=O) groups is 3. The lowest BCUT2D eigenvalue weighted by molar-refractivity contribution is -0.384. The van der Waals surface area contributed by atoms with E-state index < -0.39 is 28.7 Å². The van der Waals surface area contributed by atoms with Crippen LogP contribution >= 0.6 is 0 Å². The Morgan fingerprint density at radius 2 is 1.97 bits per heavy atom. The molecule has 10 nitrogen and oxygen atoms in total. The predicted octanol–water partition coefficient (Wildman–Crippen LogP) is 2.08. The number of non-ortho nitro benzene ring substituents is 1. The summed E-state index contributed by atoms with van der Waals surface area (Å²) >= 11 is 0. The summed E-state index contributed by atoms with van der Waals surface area (Å²) in [7, 11) is 0. The average Bonchev–Trinajstić information content (AvgIpc) is 2.69. The van der Waals surface area contributed by atoms with Gasteiger partial charge < -0.3 is 15.8 Å². The van der Waals surface area contributed by atoms with Crippen molar-refractivity contribution in [3.8, 4) is 5.75 Å². The lowest BCUT2D eigenvalue weighted by atomic mass is 10.0. The minimum atomic E-state index is -0.898. The third kappa shape index (κ3) is 4.07. The van der Waals surface area contributed by atoms with Gasteiger partial charge in [0.1, 0.15) is 6.54 Å². The Hall–Kier alpha value is -3.95. The maximum atomic E-state index is 12.9. The smallest absolute Gasteiger partial charge is 0.273 e. The Kier molecular flexibility index (Phi) is 5.67. The molecule has 2 aromatic rings. The Morgan fingerprint density at radius 1 is 1.27 bits per heavy atom. The molecule has 10 heteroatoms. The summed E-state index contributed by atoms with van der Waals surface area (Å²) in [5.74, 6) is -1.79. The van der Waals surface area contributed by atoms with Gasteiger partial charge in [-0.15, -0.1) is 0 Å².